The Kier molecular flexibility index (Phi) is 4.36. The molecule has 1 aromatic heterocycles. The first-order valence-electron chi connectivity index (χ1n) is 7.52. The van der Waals surface area contributed by atoms with Crippen molar-refractivity contribution in [1.82, 2.24) is 14.8 Å². The van der Waals surface area contributed by atoms with E-state index in [0.29, 0.717) is 11.3 Å². The summed E-state index contributed by atoms with van der Waals surface area (Å²) in [6, 6.07) is 10.6. The van der Waals surface area contributed by atoms with E-state index in [2.05, 4.69) is 26.9 Å². The molecule has 20 heavy (non-hydrogen) atoms. The van der Waals surface area contributed by atoms with Crippen LogP contribution in [-0.4, -0.2) is 14.8 Å². The molecule has 0 aliphatic heterocycles. The molecule has 1 saturated carbocycles. The average Bonchev–Trinajstić information content (AvgIpc) is 2.82. The lowest BCUT2D eigenvalue weighted by Crippen LogP contribution is -2.12. The zero-order valence-corrected chi connectivity index (χ0v) is 12.4. The third kappa shape index (κ3) is 2.88. The summed E-state index contributed by atoms with van der Waals surface area (Å²) in [5.41, 5.74) is 1.09. The third-order valence-electron chi connectivity index (χ3n) is 4.13. The highest BCUT2D eigenvalue weighted by Crippen LogP contribution is 2.32. The van der Waals surface area contributed by atoms with Crippen molar-refractivity contribution in [2.24, 2.45) is 0 Å². The fraction of sp³-hybridized carbons (Fsp3) is 0.500. The second kappa shape index (κ2) is 6.40. The number of benzene rings is 1. The monoisotopic (exact) mass is 289 g/mol. The summed E-state index contributed by atoms with van der Waals surface area (Å²) in [7, 11) is 0. The highest BCUT2D eigenvalue weighted by atomic mass is 35.5. The molecule has 0 radical (unpaired) electrons. The molecule has 1 aliphatic carbocycles. The maximum absolute atomic E-state index is 6.31. The average molecular weight is 290 g/mol. The van der Waals surface area contributed by atoms with Crippen LogP contribution in [0, 0.1) is 0 Å². The van der Waals surface area contributed by atoms with Crippen molar-refractivity contribution >= 4 is 11.6 Å². The van der Waals surface area contributed by atoms with Crippen LogP contribution in [-0.2, 0) is 0 Å². The van der Waals surface area contributed by atoms with Crippen molar-refractivity contribution < 1.29 is 0 Å². The van der Waals surface area contributed by atoms with Crippen molar-refractivity contribution in [3.05, 3.63) is 35.6 Å². The number of hydrogen-bond donors (Lipinski definition) is 0. The standard InChI is InChI=1S/C16H20ClN3/c17-16-19-18-15(13-9-5-4-6-10-13)20(16)14-11-7-2-1-3-8-12-14/h4-6,9-10,14H,1-3,7-8,11-12H2. The first-order chi connectivity index (χ1) is 9.86. The fourth-order valence-electron chi connectivity index (χ4n) is 3.07. The summed E-state index contributed by atoms with van der Waals surface area (Å²) in [6.07, 6.45) is 8.93. The SMILES string of the molecule is Clc1nnc(-c2ccccc2)n1C1CCCCCCC1. The number of hydrogen-bond acceptors (Lipinski definition) is 2. The fourth-order valence-corrected chi connectivity index (χ4v) is 3.33. The van der Waals surface area contributed by atoms with Gasteiger partial charge in [-0.3, -0.25) is 4.57 Å². The van der Waals surface area contributed by atoms with Gasteiger partial charge in [-0.1, -0.05) is 62.4 Å². The van der Waals surface area contributed by atoms with Crippen LogP contribution in [0.15, 0.2) is 30.3 Å². The van der Waals surface area contributed by atoms with E-state index in [0.717, 1.165) is 11.4 Å². The normalized spacial score (nSPS) is 17.6. The summed E-state index contributed by atoms with van der Waals surface area (Å²) >= 11 is 6.31. The van der Waals surface area contributed by atoms with E-state index in [4.69, 9.17) is 11.6 Å². The number of rotatable bonds is 2. The molecular formula is C16H20ClN3. The highest BCUT2D eigenvalue weighted by molar-refractivity contribution is 6.28. The maximum Gasteiger partial charge on any atom is 0.225 e. The van der Waals surface area contributed by atoms with Gasteiger partial charge in [0, 0.05) is 11.6 Å². The van der Waals surface area contributed by atoms with Gasteiger partial charge in [-0.25, -0.2) is 0 Å². The van der Waals surface area contributed by atoms with Gasteiger partial charge < -0.3 is 0 Å². The minimum absolute atomic E-state index is 0.438. The minimum atomic E-state index is 0.438. The minimum Gasteiger partial charge on any atom is -0.295 e. The molecule has 0 saturated heterocycles. The zero-order chi connectivity index (χ0) is 13.8. The van der Waals surface area contributed by atoms with Crippen LogP contribution in [0.2, 0.25) is 5.28 Å². The lowest BCUT2D eigenvalue weighted by molar-refractivity contribution is 0.374. The summed E-state index contributed by atoms with van der Waals surface area (Å²) in [6.45, 7) is 0. The van der Waals surface area contributed by atoms with Crippen LogP contribution in [0.25, 0.3) is 11.4 Å². The molecular weight excluding hydrogens is 270 g/mol. The van der Waals surface area contributed by atoms with Gasteiger partial charge >= 0.3 is 0 Å². The topological polar surface area (TPSA) is 30.7 Å². The van der Waals surface area contributed by atoms with Crippen LogP contribution in [0.5, 0.6) is 0 Å². The van der Waals surface area contributed by atoms with Crippen molar-refractivity contribution in [2.75, 3.05) is 0 Å². The van der Waals surface area contributed by atoms with Crippen LogP contribution >= 0.6 is 11.6 Å². The Morgan fingerprint density at radius 1 is 0.900 bits per heavy atom. The summed E-state index contributed by atoms with van der Waals surface area (Å²) in [5.74, 6) is 0.904. The van der Waals surface area contributed by atoms with Gasteiger partial charge in [-0.05, 0) is 24.4 Å². The van der Waals surface area contributed by atoms with Gasteiger partial charge in [0.1, 0.15) is 0 Å². The van der Waals surface area contributed by atoms with Gasteiger partial charge in [0.25, 0.3) is 0 Å². The predicted octanol–water partition coefficient (Wildman–Crippen LogP) is 4.88. The van der Waals surface area contributed by atoms with E-state index in [1.165, 1.54) is 44.9 Å². The molecule has 2 aromatic rings. The molecule has 106 valence electrons. The lowest BCUT2D eigenvalue weighted by atomic mass is 9.96. The molecule has 1 fully saturated rings. The Morgan fingerprint density at radius 3 is 2.25 bits per heavy atom. The molecule has 1 aromatic carbocycles. The Bertz CT molecular complexity index is 542. The number of aromatic nitrogens is 3. The molecule has 3 rings (SSSR count). The van der Waals surface area contributed by atoms with E-state index in [-0.39, 0.29) is 0 Å². The second-order valence-corrected chi connectivity index (χ2v) is 5.87. The Morgan fingerprint density at radius 2 is 1.55 bits per heavy atom. The predicted molar refractivity (Wildman–Crippen MR) is 81.8 cm³/mol. The van der Waals surface area contributed by atoms with Crippen molar-refractivity contribution in [2.45, 2.75) is 51.0 Å². The molecule has 0 amide bonds. The van der Waals surface area contributed by atoms with E-state index < -0.39 is 0 Å². The smallest absolute Gasteiger partial charge is 0.225 e. The lowest BCUT2D eigenvalue weighted by Gasteiger charge is -2.23. The molecule has 0 N–H and O–H groups in total. The van der Waals surface area contributed by atoms with Gasteiger partial charge in [-0.15, -0.1) is 10.2 Å². The summed E-state index contributed by atoms with van der Waals surface area (Å²) in [5, 5.41) is 8.92. The molecule has 0 unspecified atom stereocenters. The van der Waals surface area contributed by atoms with Crippen LogP contribution < -0.4 is 0 Å². The molecule has 4 heteroatoms. The summed E-state index contributed by atoms with van der Waals surface area (Å²) < 4.78 is 2.14. The largest absolute Gasteiger partial charge is 0.295 e. The van der Waals surface area contributed by atoms with Crippen LogP contribution in [0.3, 0.4) is 0 Å². The van der Waals surface area contributed by atoms with E-state index in [1.807, 2.05) is 18.2 Å². The van der Waals surface area contributed by atoms with Crippen LogP contribution in [0.4, 0.5) is 0 Å². The van der Waals surface area contributed by atoms with E-state index in [1.54, 1.807) is 0 Å². The van der Waals surface area contributed by atoms with Crippen LogP contribution in [0.1, 0.15) is 51.0 Å². The molecule has 1 aliphatic rings. The molecule has 0 atom stereocenters. The maximum atomic E-state index is 6.31. The quantitative estimate of drug-likeness (QED) is 0.788. The molecule has 3 nitrogen and oxygen atoms in total. The Labute approximate surface area is 125 Å². The Balaban J connectivity index is 1.93. The van der Waals surface area contributed by atoms with Crippen molar-refractivity contribution in [3.63, 3.8) is 0 Å². The van der Waals surface area contributed by atoms with E-state index in [9.17, 15) is 0 Å². The highest BCUT2D eigenvalue weighted by Gasteiger charge is 2.21. The molecule has 0 spiro atoms. The van der Waals surface area contributed by atoms with E-state index >= 15 is 0 Å². The van der Waals surface area contributed by atoms with Crippen molar-refractivity contribution in [3.8, 4) is 11.4 Å². The third-order valence-corrected chi connectivity index (χ3v) is 4.38. The first kappa shape index (κ1) is 13.6. The molecule has 1 heterocycles. The molecule has 0 bridgehead atoms. The van der Waals surface area contributed by atoms with Gasteiger partial charge in [0.05, 0.1) is 0 Å². The number of nitrogens with zero attached hydrogens (tertiary/aromatic N) is 3. The number of halogens is 1. The van der Waals surface area contributed by atoms with Gasteiger partial charge in [0.2, 0.25) is 5.28 Å². The first-order valence-corrected chi connectivity index (χ1v) is 7.90. The van der Waals surface area contributed by atoms with Gasteiger partial charge in [0.15, 0.2) is 5.82 Å². The van der Waals surface area contributed by atoms with Gasteiger partial charge in [-0.2, -0.15) is 0 Å². The summed E-state index contributed by atoms with van der Waals surface area (Å²) in [4.78, 5) is 0. The Hall–Kier alpha value is -1.35. The second-order valence-electron chi connectivity index (χ2n) is 5.53. The van der Waals surface area contributed by atoms with Crippen molar-refractivity contribution in [1.29, 1.82) is 0 Å². The zero-order valence-electron chi connectivity index (χ0n) is 11.6.